The molecule has 86 valence electrons. The van der Waals surface area contributed by atoms with Gasteiger partial charge in [0.1, 0.15) is 11.0 Å². The molecule has 1 saturated carbocycles. The van der Waals surface area contributed by atoms with Gasteiger partial charge < -0.3 is 0 Å². The highest BCUT2D eigenvalue weighted by Gasteiger charge is 2.24. The number of fused-ring (bicyclic) bond motifs is 1. The van der Waals surface area contributed by atoms with E-state index in [-0.39, 0.29) is 0 Å². The van der Waals surface area contributed by atoms with Crippen molar-refractivity contribution >= 4 is 11.6 Å². The van der Waals surface area contributed by atoms with E-state index in [2.05, 4.69) is 4.98 Å². The molecule has 0 amide bonds. The molecule has 0 atom stereocenters. The Morgan fingerprint density at radius 1 is 1.06 bits per heavy atom. The molecule has 16 heavy (non-hydrogen) atoms. The number of rotatable bonds is 2. The molecule has 2 nitrogen and oxygen atoms in total. The van der Waals surface area contributed by atoms with Gasteiger partial charge in [-0.25, -0.2) is 9.97 Å². The Hall–Kier alpha value is -0.630. The van der Waals surface area contributed by atoms with E-state index < -0.39 is 0 Å². The SMILES string of the molecule is Clc1nc(CC2CC2)nc2c1CCCCC2. The summed E-state index contributed by atoms with van der Waals surface area (Å²) in [5.74, 6) is 1.81. The molecule has 0 bridgehead atoms. The second-order valence-corrected chi connectivity index (χ2v) is 5.42. The molecule has 0 saturated heterocycles. The van der Waals surface area contributed by atoms with Gasteiger partial charge >= 0.3 is 0 Å². The van der Waals surface area contributed by atoms with Crippen molar-refractivity contribution in [3.05, 3.63) is 22.2 Å². The summed E-state index contributed by atoms with van der Waals surface area (Å²) >= 11 is 6.27. The van der Waals surface area contributed by atoms with Crippen molar-refractivity contribution in [2.75, 3.05) is 0 Å². The highest BCUT2D eigenvalue weighted by molar-refractivity contribution is 6.30. The monoisotopic (exact) mass is 236 g/mol. The van der Waals surface area contributed by atoms with Crippen LogP contribution < -0.4 is 0 Å². The van der Waals surface area contributed by atoms with Gasteiger partial charge in [0.2, 0.25) is 0 Å². The molecule has 0 aromatic carbocycles. The molecule has 0 unspecified atom stereocenters. The summed E-state index contributed by atoms with van der Waals surface area (Å²) in [6.07, 6.45) is 9.67. The molecule has 1 aromatic heterocycles. The van der Waals surface area contributed by atoms with Crippen LogP contribution in [0.3, 0.4) is 0 Å². The van der Waals surface area contributed by atoms with Crippen LogP contribution in [0.1, 0.15) is 49.2 Å². The van der Waals surface area contributed by atoms with Crippen LogP contribution in [-0.2, 0) is 19.3 Å². The van der Waals surface area contributed by atoms with E-state index in [4.69, 9.17) is 16.6 Å². The van der Waals surface area contributed by atoms with Gasteiger partial charge in [0.05, 0.1) is 0 Å². The standard InChI is InChI=1S/C13H17ClN2/c14-13-10-4-2-1-3-5-11(10)15-12(16-13)8-9-6-7-9/h9H,1-8H2. The van der Waals surface area contributed by atoms with Crippen LogP contribution in [0.4, 0.5) is 0 Å². The lowest BCUT2D eigenvalue weighted by atomic mass is 10.1. The molecule has 1 aromatic rings. The molecule has 1 heterocycles. The number of hydrogen-bond acceptors (Lipinski definition) is 2. The first-order valence-electron chi connectivity index (χ1n) is 6.37. The van der Waals surface area contributed by atoms with Gasteiger partial charge in [-0.2, -0.15) is 0 Å². The quantitative estimate of drug-likeness (QED) is 0.581. The van der Waals surface area contributed by atoms with Gasteiger partial charge in [-0.1, -0.05) is 18.0 Å². The molecular weight excluding hydrogens is 220 g/mol. The van der Waals surface area contributed by atoms with Gasteiger partial charge in [0, 0.05) is 17.7 Å². The Balaban J connectivity index is 1.91. The minimum Gasteiger partial charge on any atom is -0.238 e. The lowest BCUT2D eigenvalue weighted by molar-refractivity contribution is 0.706. The Morgan fingerprint density at radius 3 is 2.69 bits per heavy atom. The van der Waals surface area contributed by atoms with Crippen molar-refractivity contribution in [2.24, 2.45) is 5.92 Å². The molecular formula is C13H17ClN2. The molecule has 3 heteroatoms. The third-order valence-corrected chi connectivity index (χ3v) is 3.91. The third kappa shape index (κ3) is 2.22. The Morgan fingerprint density at radius 2 is 1.88 bits per heavy atom. The summed E-state index contributed by atoms with van der Waals surface area (Å²) in [4.78, 5) is 9.18. The second-order valence-electron chi connectivity index (χ2n) is 5.06. The summed E-state index contributed by atoms with van der Waals surface area (Å²) < 4.78 is 0. The van der Waals surface area contributed by atoms with Crippen molar-refractivity contribution in [1.29, 1.82) is 0 Å². The number of aromatic nitrogens is 2. The Bertz CT molecular complexity index is 399. The molecule has 2 aliphatic rings. The van der Waals surface area contributed by atoms with E-state index in [0.717, 1.165) is 36.2 Å². The van der Waals surface area contributed by atoms with E-state index >= 15 is 0 Å². The van der Waals surface area contributed by atoms with Crippen LogP contribution in [-0.4, -0.2) is 9.97 Å². The fourth-order valence-electron chi connectivity index (χ4n) is 2.44. The topological polar surface area (TPSA) is 25.8 Å². The third-order valence-electron chi connectivity index (χ3n) is 3.60. The Kier molecular flexibility index (Phi) is 2.84. The normalized spacial score (nSPS) is 20.3. The first-order valence-corrected chi connectivity index (χ1v) is 6.75. The van der Waals surface area contributed by atoms with Gasteiger partial charge in [0.25, 0.3) is 0 Å². The van der Waals surface area contributed by atoms with Gasteiger partial charge in [-0.15, -0.1) is 0 Å². The zero-order chi connectivity index (χ0) is 11.0. The molecule has 2 aliphatic carbocycles. The summed E-state index contributed by atoms with van der Waals surface area (Å²) in [7, 11) is 0. The van der Waals surface area contributed by atoms with Gasteiger partial charge in [-0.05, 0) is 44.4 Å². The molecule has 1 fully saturated rings. The van der Waals surface area contributed by atoms with Gasteiger partial charge in [-0.3, -0.25) is 0 Å². The largest absolute Gasteiger partial charge is 0.238 e. The molecule has 3 rings (SSSR count). The first kappa shape index (κ1) is 10.5. The second kappa shape index (κ2) is 4.33. The molecule has 0 radical (unpaired) electrons. The smallest absolute Gasteiger partial charge is 0.136 e. The zero-order valence-electron chi connectivity index (χ0n) is 9.51. The van der Waals surface area contributed by atoms with Gasteiger partial charge in [0.15, 0.2) is 0 Å². The van der Waals surface area contributed by atoms with Crippen LogP contribution in [0, 0.1) is 5.92 Å². The van der Waals surface area contributed by atoms with E-state index in [1.165, 1.54) is 43.4 Å². The van der Waals surface area contributed by atoms with Crippen LogP contribution in [0.2, 0.25) is 5.15 Å². The van der Waals surface area contributed by atoms with Crippen LogP contribution in [0.15, 0.2) is 0 Å². The lowest BCUT2D eigenvalue weighted by Gasteiger charge is -2.08. The maximum absolute atomic E-state index is 6.27. The van der Waals surface area contributed by atoms with Crippen molar-refractivity contribution < 1.29 is 0 Å². The van der Waals surface area contributed by atoms with Crippen molar-refractivity contribution in [3.63, 3.8) is 0 Å². The minimum atomic E-state index is 0.725. The van der Waals surface area contributed by atoms with Crippen LogP contribution in [0.25, 0.3) is 0 Å². The summed E-state index contributed by atoms with van der Waals surface area (Å²) in [5.41, 5.74) is 2.45. The van der Waals surface area contributed by atoms with E-state index in [1.54, 1.807) is 0 Å². The predicted molar refractivity (Wildman–Crippen MR) is 64.7 cm³/mol. The number of aryl methyl sites for hydroxylation is 1. The molecule has 0 aliphatic heterocycles. The predicted octanol–water partition coefficient (Wildman–Crippen LogP) is 3.35. The Labute approximate surface area is 101 Å². The lowest BCUT2D eigenvalue weighted by Crippen LogP contribution is -2.05. The van der Waals surface area contributed by atoms with E-state index in [0.29, 0.717) is 0 Å². The fourth-order valence-corrected chi connectivity index (χ4v) is 2.75. The van der Waals surface area contributed by atoms with Crippen LogP contribution in [0.5, 0.6) is 0 Å². The summed E-state index contributed by atoms with van der Waals surface area (Å²) in [6.45, 7) is 0. The first-order chi connectivity index (χ1) is 7.83. The van der Waals surface area contributed by atoms with Crippen molar-refractivity contribution in [1.82, 2.24) is 9.97 Å². The van der Waals surface area contributed by atoms with Crippen molar-refractivity contribution in [2.45, 2.75) is 51.4 Å². The maximum Gasteiger partial charge on any atom is 0.136 e. The average Bonchev–Trinajstić information content (AvgIpc) is 3.04. The maximum atomic E-state index is 6.27. The number of halogens is 1. The minimum absolute atomic E-state index is 0.725. The van der Waals surface area contributed by atoms with E-state index in [9.17, 15) is 0 Å². The van der Waals surface area contributed by atoms with Crippen LogP contribution >= 0.6 is 11.6 Å². The zero-order valence-corrected chi connectivity index (χ0v) is 10.3. The average molecular weight is 237 g/mol. The fraction of sp³-hybridized carbons (Fsp3) is 0.692. The number of hydrogen-bond donors (Lipinski definition) is 0. The molecule has 0 spiro atoms. The number of nitrogens with zero attached hydrogens (tertiary/aromatic N) is 2. The highest BCUT2D eigenvalue weighted by Crippen LogP contribution is 2.33. The van der Waals surface area contributed by atoms with E-state index in [1.807, 2.05) is 0 Å². The summed E-state index contributed by atoms with van der Waals surface area (Å²) in [6, 6.07) is 0. The molecule has 0 N–H and O–H groups in total. The summed E-state index contributed by atoms with van der Waals surface area (Å²) in [5, 5.41) is 0.725. The highest BCUT2D eigenvalue weighted by atomic mass is 35.5. The van der Waals surface area contributed by atoms with Crippen molar-refractivity contribution in [3.8, 4) is 0 Å².